The normalized spacial score (nSPS) is 23.0. The molecule has 102 valence electrons. The average Bonchev–Trinajstić information content (AvgIpc) is 2.40. The monoisotopic (exact) mass is 263 g/mol. The zero-order valence-electron chi connectivity index (χ0n) is 11.4. The molecule has 0 saturated carbocycles. The summed E-state index contributed by atoms with van der Waals surface area (Å²) >= 11 is 0. The fraction of sp³-hybridized carbons (Fsp3) is 0.500. The second-order valence-corrected chi connectivity index (χ2v) is 4.93. The summed E-state index contributed by atoms with van der Waals surface area (Å²) in [6.45, 7) is 5.83. The number of nitrogens with one attached hydrogen (secondary N) is 1. The van der Waals surface area contributed by atoms with E-state index >= 15 is 0 Å². The van der Waals surface area contributed by atoms with Crippen molar-refractivity contribution in [1.82, 2.24) is 5.32 Å². The van der Waals surface area contributed by atoms with Gasteiger partial charge in [-0.05, 0) is 19.9 Å². The molecule has 4 nitrogen and oxygen atoms in total. The fourth-order valence-electron chi connectivity index (χ4n) is 2.38. The molecule has 19 heavy (non-hydrogen) atoms. The van der Waals surface area contributed by atoms with Crippen LogP contribution >= 0.6 is 0 Å². The maximum atomic E-state index is 13.9. The van der Waals surface area contributed by atoms with Crippen LogP contribution in [0.15, 0.2) is 12.1 Å². The lowest BCUT2D eigenvalue weighted by atomic mass is 10.1. The summed E-state index contributed by atoms with van der Waals surface area (Å²) in [5.74, 6) is -0.244. The number of methoxy groups -OCH3 is 1. The Kier molecular flexibility index (Phi) is 3.91. The highest BCUT2D eigenvalue weighted by molar-refractivity contribution is 5.58. The van der Waals surface area contributed by atoms with Gasteiger partial charge in [-0.2, -0.15) is 5.26 Å². The van der Waals surface area contributed by atoms with Crippen molar-refractivity contribution in [2.45, 2.75) is 25.9 Å². The summed E-state index contributed by atoms with van der Waals surface area (Å²) in [6, 6.07) is 5.60. The molecule has 1 fully saturated rings. The highest BCUT2D eigenvalue weighted by Gasteiger charge is 2.24. The molecule has 0 bridgehead atoms. The first-order valence-corrected chi connectivity index (χ1v) is 6.34. The van der Waals surface area contributed by atoms with Crippen molar-refractivity contribution >= 4 is 5.69 Å². The van der Waals surface area contributed by atoms with Gasteiger partial charge in [0.2, 0.25) is 0 Å². The first-order valence-electron chi connectivity index (χ1n) is 6.34. The molecule has 1 aliphatic rings. The molecule has 0 unspecified atom stereocenters. The Bertz CT molecular complexity index is 512. The van der Waals surface area contributed by atoms with Crippen molar-refractivity contribution < 1.29 is 9.13 Å². The van der Waals surface area contributed by atoms with E-state index in [2.05, 4.69) is 24.1 Å². The lowest BCUT2D eigenvalue weighted by Crippen LogP contribution is -2.54. The van der Waals surface area contributed by atoms with E-state index in [1.165, 1.54) is 13.2 Å². The van der Waals surface area contributed by atoms with Crippen LogP contribution in [0.1, 0.15) is 19.4 Å². The molecule has 1 aromatic rings. The number of nitriles is 1. The van der Waals surface area contributed by atoms with E-state index in [0.29, 0.717) is 6.04 Å². The van der Waals surface area contributed by atoms with Crippen LogP contribution < -0.4 is 15.0 Å². The van der Waals surface area contributed by atoms with Crippen molar-refractivity contribution in [3.8, 4) is 11.8 Å². The van der Waals surface area contributed by atoms with Gasteiger partial charge in [0.05, 0.1) is 7.11 Å². The van der Waals surface area contributed by atoms with Gasteiger partial charge in [0, 0.05) is 36.9 Å². The molecule has 2 atom stereocenters. The van der Waals surface area contributed by atoms with Crippen LogP contribution in [0.5, 0.6) is 5.75 Å². The number of nitrogens with zero attached hydrogens (tertiary/aromatic N) is 2. The first-order chi connectivity index (χ1) is 9.06. The number of hydrogen-bond donors (Lipinski definition) is 1. The molecule has 5 heteroatoms. The van der Waals surface area contributed by atoms with Gasteiger partial charge in [-0.3, -0.25) is 0 Å². The Morgan fingerprint density at radius 1 is 1.47 bits per heavy atom. The molecule has 0 radical (unpaired) electrons. The van der Waals surface area contributed by atoms with Crippen LogP contribution in [0.2, 0.25) is 0 Å². The summed E-state index contributed by atoms with van der Waals surface area (Å²) in [6.07, 6.45) is 0. The Morgan fingerprint density at radius 3 is 2.84 bits per heavy atom. The Hall–Kier alpha value is -1.80. The Labute approximate surface area is 112 Å². The summed E-state index contributed by atoms with van der Waals surface area (Å²) in [7, 11) is 1.45. The standard InChI is InChI=1S/C14H18FN3O/c1-9-8-18(10(2)7-17-9)11-4-13(15)12(6-16)14(5-11)19-3/h4-5,9-10,17H,7-8H2,1-3H3/t9-,10+/m1/s1. The second kappa shape index (κ2) is 5.45. The largest absolute Gasteiger partial charge is 0.495 e. The van der Waals surface area contributed by atoms with Gasteiger partial charge in [-0.1, -0.05) is 0 Å². The highest BCUT2D eigenvalue weighted by Crippen LogP contribution is 2.29. The van der Waals surface area contributed by atoms with E-state index in [0.717, 1.165) is 18.8 Å². The van der Waals surface area contributed by atoms with E-state index in [-0.39, 0.29) is 17.4 Å². The number of halogens is 1. The zero-order chi connectivity index (χ0) is 14.0. The molecule has 0 spiro atoms. The minimum Gasteiger partial charge on any atom is -0.495 e. The third-order valence-corrected chi connectivity index (χ3v) is 3.47. The van der Waals surface area contributed by atoms with Crippen LogP contribution in [0, 0.1) is 17.1 Å². The van der Waals surface area contributed by atoms with Crippen molar-refractivity contribution in [3.05, 3.63) is 23.5 Å². The van der Waals surface area contributed by atoms with Gasteiger partial charge in [-0.25, -0.2) is 4.39 Å². The molecule has 1 N–H and O–H groups in total. The second-order valence-electron chi connectivity index (χ2n) is 4.93. The van der Waals surface area contributed by atoms with Gasteiger partial charge < -0.3 is 15.0 Å². The molecule has 0 amide bonds. The van der Waals surface area contributed by atoms with Crippen LogP contribution in [0.3, 0.4) is 0 Å². The van der Waals surface area contributed by atoms with E-state index < -0.39 is 5.82 Å². The molecule has 1 saturated heterocycles. The van der Waals surface area contributed by atoms with E-state index in [9.17, 15) is 4.39 Å². The molecule has 1 aliphatic heterocycles. The fourth-order valence-corrected chi connectivity index (χ4v) is 2.38. The maximum absolute atomic E-state index is 13.9. The number of ether oxygens (including phenoxy) is 1. The van der Waals surface area contributed by atoms with Crippen LogP contribution in [0.4, 0.5) is 10.1 Å². The van der Waals surface area contributed by atoms with E-state index in [1.54, 1.807) is 6.07 Å². The maximum Gasteiger partial charge on any atom is 0.146 e. The third-order valence-electron chi connectivity index (χ3n) is 3.47. The summed E-state index contributed by atoms with van der Waals surface area (Å²) in [5.41, 5.74) is 0.719. The van der Waals surface area contributed by atoms with E-state index in [1.807, 2.05) is 6.07 Å². The topological polar surface area (TPSA) is 48.3 Å². The van der Waals surface area contributed by atoms with Crippen LogP contribution in [-0.2, 0) is 0 Å². The van der Waals surface area contributed by atoms with Crippen LogP contribution in [-0.4, -0.2) is 32.3 Å². The molecule has 1 heterocycles. The molecule has 0 aromatic heterocycles. The lowest BCUT2D eigenvalue weighted by Gasteiger charge is -2.39. The third kappa shape index (κ3) is 2.64. The predicted molar refractivity (Wildman–Crippen MR) is 71.9 cm³/mol. The Balaban J connectivity index is 2.40. The SMILES string of the molecule is COc1cc(N2C[C@@H](C)NC[C@@H]2C)cc(F)c1C#N. The number of anilines is 1. The first kappa shape index (κ1) is 13.6. The van der Waals surface area contributed by atoms with Gasteiger partial charge in [0.25, 0.3) is 0 Å². The van der Waals surface area contributed by atoms with Gasteiger partial charge in [0.1, 0.15) is 23.2 Å². The minimum atomic E-state index is -0.532. The quantitative estimate of drug-likeness (QED) is 0.885. The smallest absolute Gasteiger partial charge is 0.146 e. The number of benzene rings is 1. The van der Waals surface area contributed by atoms with Crippen LogP contribution in [0.25, 0.3) is 0 Å². The molecule has 1 aromatic carbocycles. The van der Waals surface area contributed by atoms with Crippen molar-refractivity contribution in [2.75, 3.05) is 25.1 Å². The predicted octanol–water partition coefficient (Wildman–Crippen LogP) is 1.89. The van der Waals surface area contributed by atoms with Gasteiger partial charge in [0.15, 0.2) is 0 Å². The molecular weight excluding hydrogens is 245 g/mol. The summed E-state index contributed by atoms with van der Waals surface area (Å²) in [4.78, 5) is 2.13. The Morgan fingerprint density at radius 2 is 2.21 bits per heavy atom. The lowest BCUT2D eigenvalue weighted by molar-refractivity contribution is 0.405. The minimum absolute atomic E-state index is 0.0397. The zero-order valence-corrected chi connectivity index (χ0v) is 11.4. The number of rotatable bonds is 2. The number of piperazine rings is 1. The summed E-state index contributed by atoms with van der Waals surface area (Å²) in [5, 5.41) is 12.3. The van der Waals surface area contributed by atoms with Crippen molar-refractivity contribution in [2.24, 2.45) is 0 Å². The van der Waals surface area contributed by atoms with Gasteiger partial charge in [-0.15, -0.1) is 0 Å². The molecule has 2 rings (SSSR count). The van der Waals surface area contributed by atoms with Crippen molar-refractivity contribution in [3.63, 3.8) is 0 Å². The molecular formula is C14H18FN3O. The van der Waals surface area contributed by atoms with Gasteiger partial charge >= 0.3 is 0 Å². The van der Waals surface area contributed by atoms with Crippen molar-refractivity contribution in [1.29, 1.82) is 5.26 Å². The highest BCUT2D eigenvalue weighted by atomic mass is 19.1. The number of hydrogen-bond acceptors (Lipinski definition) is 4. The average molecular weight is 263 g/mol. The van der Waals surface area contributed by atoms with E-state index in [4.69, 9.17) is 10.00 Å². The summed E-state index contributed by atoms with van der Waals surface area (Å²) < 4.78 is 19.0. The molecule has 0 aliphatic carbocycles.